The van der Waals surface area contributed by atoms with Crippen molar-refractivity contribution >= 4 is 33.0 Å². The second-order valence-corrected chi connectivity index (χ2v) is 7.78. The average molecular weight is 317 g/mol. The number of amides is 1. The van der Waals surface area contributed by atoms with E-state index in [2.05, 4.69) is 10.6 Å². The van der Waals surface area contributed by atoms with Gasteiger partial charge in [0.15, 0.2) is 9.84 Å². The van der Waals surface area contributed by atoms with E-state index in [-0.39, 0.29) is 10.8 Å². The Kier molecular flexibility index (Phi) is 4.09. The number of nitrogens with one attached hydrogen (secondary N) is 2. The van der Waals surface area contributed by atoms with E-state index in [0.29, 0.717) is 17.3 Å². The lowest BCUT2D eigenvalue weighted by Crippen LogP contribution is -2.35. The summed E-state index contributed by atoms with van der Waals surface area (Å²) in [4.78, 5) is 12.4. The molecule has 20 heavy (non-hydrogen) atoms. The van der Waals surface area contributed by atoms with Gasteiger partial charge in [0.2, 0.25) is 5.91 Å². The summed E-state index contributed by atoms with van der Waals surface area (Å²) in [6.45, 7) is 3.26. The zero-order valence-corrected chi connectivity index (χ0v) is 12.9. The molecule has 0 bridgehead atoms. The number of sulfone groups is 1. The summed E-state index contributed by atoms with van der Waals surface area (Å²) in [6.07, 6.45) is 1.85. The van der Waals surface area contributed by atoms with E-state index in [1.54, 1.807) is 0 Å². The normalized spacial score (nSPS) is 22.8. The van der Waals surface area contributed by atoms with Gasteiger partial charge in [-0.05, 0) is 38.1 Å². The highest BCUT2D eigenvalue weighted by atomic mass is 35.5. The maximum absolute atomic E-state index is 12.3. The third kappa shape index (κ3) is 3.13. The summed E-state index contributed by atoms with van der Waals surface area (Å²) in [6, 6.07) is 4.29. The largest absolute Gasteiger partial charge is 0.324 e. The molecule has 1 unspecified atom stereocenters. The van der Waals surface area contributed by atoms with Crippen LogP contribution in [-0.2, 0) is 14.6 Å². The smallest absolute Gasteiger partial charge is 0.231 e. The van der Waals surface area contributed by atoms with E-state index in [1.807, 2.05) is 6.92 Å². The van der Waals surface area contributed by atoms with Gasteiger partial charge in [0.25, 0.3) is 0 Å². The van der Waals surface area contributed by atoms with Crippen LogP contribution in [0.3, 0.4) is 0 Å². The fourth-order valence-corrected chi connectivity index (χ4v) is 2.93. The second kappa shape index (κ2) is 5.35. The molecule has 1 heterocycles. The van der Waals surface area contributed by atoms with E-state index in [0.717, 1.165) is 19.2 Å². The van der Waals surface area contributed by atoms with Crippen molar-refractivity contribution in [1.29, 1.82) is 0 Å². The number of carbonyl (C=O) groups is 1. The van der Waals surface area contributed by atoms with Gasteiger partial charge in [-0.1, -0.05) is 11.6 Å². The molecule has 1 saturated heterocycles. The van der Waals surface area contributed by atoms with Crippen LogP contribution in [0.4, 0.5) is 5.69 Å². The summed E-state index contributed by atoms with van der Waals surface area (Å²) in [5.41, 5.74) is -0.169. The highest BCUT2D eigenvalue weighted by Crippen LogP contribution is 2.30. The van der Waals surface area contributed by atoms with Crippen LogP contribution in [-0.4, -0.2) is 33.7 Å². The molecular weight excluding hydrogens is 300 g/mol. The lowest BCUT2D eigenvalue weighted by atomic mass is 9.89. The number of benzene rings is 1. The molecule has 0 saturated carbocycles. The first-order chi connectivity index (χ1) is 9.22. The minimum atomic E-state index is -3.33. The Morgan fingerprint density at radius 1 is 1.45 bits per heavy atom. The van der Waals surface area contributed by atoms with Crippen LogP contribution in [0.25, 0.3) is 0 Å². The van der Waals surface area contributed by atoms with Gasteiger partial charge in [0.1, 0.15) is 0 Å². The SMILES string of the molecule is CC1(C(=O)Nc2cc(S(C)(=O)=O)ccc2Cl)CCNC1. The van der Waals surface area contributed by atoms with E-state index < -0.39 is 15.3 Å². The fourth-order valence-electron chi connectivity index (χ4n) is 2.11. The summed E-state index contributed by atoms with van der Waals surface area (Å²) in [7, 11) is -3.33. The first-order valence-corrected chi connectivity index (χ1v) is 8.51. The van der Waals surface area contributed by atoms with Crippen molar-refractivity contribution in [1.82, 2.24) is 5.32 Å². The number of anilines is 1. The van der Waals surface area contributed by atoms with Crippen molar-refractivity contribution in [2.45, 2.75) is 18.2 Å². The molecule has 2 N–H and O–H groups in total. The minimum absolute atomic E-state index is 0.131. The topological polar surface area (TPSA) is 75.3 Å². The summed E-state index contributed by atoms with van der Waals surface area (Å²) in [5.74, 6) is -0.157. The maximum atomic E-state index is 12.3. The Labute approximate surface area is 123 Å². The fraction of sp³-hybridized carbons (Fsp3) is 0.462. The van der Waals surface area contributed by atoms with Crippen molar-refractivity contribution in [3.05, 3.63) is 23.2 Å². The highest BCUT2D eigenvalue weighted by molar-refractivity contribution is 7.90. The molecule has 5 nitrogen and oxygen atoms in total. The molecule has 0 aliphatic carbocycles. The molecule has 1 aliphatic heterocycles. The van der Waals surface area contributed by atoms with Gasteiger partial charge in [-0.15, -0.1) is 0 Å². The van der Waals surface area contributed by atoms with Gasteiger partial charge < -0.3 is 10.6 Å². The van der Waals surface area contributed by atoms with E-state index in [1.165, 1.54) is 18.2 Å². The summed E-state index contributed by atoms with van der Waals surface area (Å²) < 4.78 is 23.1. The average Bonchev–Trinajstić information content (AvgIpc) is 2.79. The van der Waals surface area contributed by atoms with Crippen LogP contribution in [0, 0.1) is 5.41 Å². The number of rotatable bonds is 3. The molecule has 1 aliphatic rings. The Hall–Kier alpha value is -1.11. The van der Waals surface area contributed by atoms with Gasteiger partial charge in [-0.3, -0.25) is 4.79 Å². The van der Waals surface area contributed by atoms with Crippen LogP contribution >= 0.6 is 11.6 Å². The number of carbonyl (C=O) groups excluding carboxylic acids is 1. The Balaban J connectivity index is 2.27. The van der Waals surface area contributed by atoms with Crippen molar-refractivity contribution in [3.8, 4) is 0 Å². The summed E-state index contributed by atoms with van der Waals surface area (Å²) in [5, 5.41) is 6.19. The third-order valence-electron chi connectivity index (χ3n) is 3.53. The zero-order valence-electron chi connectivity index (χ0n) is 11.4. The van der Waals surface area contributed by atoms with Crippen LogP contribution in [0.1, 0.15) is 13.3 Å². The Morgan fingerprint density at radius 2 is 2.15 bits per heavy atom. The molecule has 110 valence electrons. The molecule has 1 aromatic carbocycles. The van der Waals surface area contributed by atoms with Gasteiger partial charge in [-0.2, -0.15) is 0 Å². The minimum Gasteiger partial charge on any atom is -0.324 e. The molecule has 7 heteroatoms. The van der Waals surface area contributed by atoms with E-state index >= 15 is 0 Å². The van der Waals surface area contributed by atoms with Crippen molar-refractivity contribution in [3.63, 3.8) is 0 Å². The van der Waals surface area contributed by atoms with Gasteiger partial charge >= 0.3 is 0 Å². The quantitative estimate of drug-likeness (QED) is 0.889. The predicted octanol–water partition coefficient (Wildman–Crippen LogP) is 1.68. The first-order valence-electron chi connectivity index (χ1n) is 6.24. The van der Waals surface area contributed by atoms with Crippen LogP contribution in [0.5, 0.6) is 0 Å². The lowest BCUT2D eigenvalue weighted by Gasteiger charge is -2.22. The predicted molar refractivity (Wildman–Crippen MR) is 78.8 cm³/mol. The van der Waals surface area contributed by atoms with Gasteiger partial charge in [0, 0.05) is 12.8 Å². The van der Waals surface area contributed by atoms with Gasteiger partial charge in [0.05, 0.1) is 21.0 Å². The Bertz CT molecular complexity index is 637. The highest BCUT2D eigenvalue weighted by Gasteiger charge is 2.36. The molecule has 1 fully saturated rings. The van der Waals surface area contributed by atoms with Crippen molar-refractivity contribution in [2.75, 3.05) is 24.7 Å². The lowest BCUT2D eigenvalue weighted by molar-refractivity contribution is -0.123. The molecule has 0 aromatic heterocycles. The molecule has 1 aromatic rings. The third-order valence-corrected chi connectivity index (χ3v) is 4.97. The standard InChI is InChI=1S/C13H17ClN2O3S/c1-13(5-6-15-8-13)12(17)16-11-7-9(20(2,18)19)3-4-10(11)14/h3-4,7,15H,5-6,8H2,1-2H3,(H,16,17). The Morgan fingerprint density at radius 3 is 2.70 bits per heavy atom. The molecule has 1 atom stereocenters. The van der Waals surface area contributed by atoms with Crippen molar-refractivity contribution in [2.24, 2.45) is 5.41 Å². The van der Waals surface area contributed by atoms with E-state index in [9.17, 15) is 13.2 Å². The summed E-state index contributed by atoms with van der Waals surface area (Å²) >= 11 is 6.02. The zero-order chi connectivity index (χ0) is 15.0. The monoisotopic (exact) mass is 316 g/mol. The first kappa shape index (κ1) is 15.3. The van der Waals surface area contributed by atoms with Crippen LogP contribution < -0.4 is 10.6 Å². The molecule has 2 rings (SSSR count). The van der Waals surface area contributed by atoms with Crippen molar-refractivity contribution < 1.29 is 13.2 Å². The van der Waals surface area contributed by atoms with Crippen LogP contribution in [0.2, 0.25) is 5.02 Å². The number of hydrogen-bond donors (Lipinski definition) is 2. The molecular formula is C13H17ClN2O3S. The van der Waals surface area contributed by atoms with Crippen LogP contribution in [0.15, 0.2) is 23.1 Å². The molecule has 0 spiro atoms. The number of halogens is 1. The number of hydrogen-bond acceptors (Lipinski definition) is 4. The molecule has 0 radical (unpaired) electrons. The molecule has 1 amide bonds. The van der Waals surface area contributed by atoms with E-state index in [4.69, 9.17) is 11.6 Å². The van der Waals surface area contributed by atoms with Gasteiger partial charge in [-0.25, -0.2) is 8.42 Å². The maximum Gasteiger partial charge on any atom is 0.231 e. The second-order valence-electron chi connectivity index (χ2n) is 5.36.